The van der Waals surface area contributed by atoms with E-state index in [2.05, 4.69) is 25.6 Å². The van der Waals surface area contributed by atoms with Crippen LogP contribution in [0, 0.1) is 0 Å². The molecule has 1 aliphatic carbocycles. The van der Waals surface area contributed by atoms with E-state index in [-0.39, 0.29) is 23.8 Å². The third-order valence-electron chi connectivity index (χ3n) is 7.26. The Morgan fingerprint density at radius 2 is 1.91 bits per heavy atom. The van der Waals surface area contributed by atoms with E-state index in [4.69, 9.17) is 4.74 Å². The van der Waals surface area contributed by atoms with Crippen LogP contribution in [0.1, 0.15) is 40.0 Å². The molecule has 44 heavy (non-hydrogen) atoms. The van der Waals surface area contributed by atoms with Crippen LogP contribution in [0.15, 0.2) is 73.1 Å². The van der Waals surface area contributed by atoms with Crippen LogP contribution in [0.5, 0.6) is 5.75 Å². The molecule has 6 rings (SSSR count). The summed E-state index contributed by atoms with van der Waals surface area (Å²) in [6.07, 6.45) is 1.35. The average molecular weight is 604 g/mol. The Morgan fingerprint density at radius 3 is 2.64 bits per heavy atom. The maximum absolute atomic E-state index is 14.1. The third-order valence-corrected chi connectivity index (χ3v) is 7.26. The number of fused-ring (bicyclic) bond motifs is 1. The first-order chi connectivity index (χ1) is 21.2. The summed E-state index contributed by atoms with van der Waals surface area (Å²) < 4.78 is 45.1. The lowest BCUT2D eigenvalue weighted by atomic mass is 10.1. The van der Waals surface area contributed by atoms with Crippen molar-refractivity contribution in [3.63, 3.8) is 0 Å². The predicted molar refractivity (Wildman–Crippen MR) is 158 cm³/mol. The fraction of sp³-hybridized carbons (Fsp3) is 0.258. The lowest BCUT2D eigenvalue weighted by Crippen LogP contribution is -2.48. The second-order valence-electron chi connectivity index (χ2n) is 10.5. The lowest BCUT2D eigenvalue weighted by molar-refractivity contribution is -0.137. The molecule has 3 heterocycles. The van der Waals surface area contributed by atoms with Gasteiger partial charge >= 0.3 is 12.2 Å². The predicted octanol–water partition coefficient (Wildman–Crippen LogP) is 5.91. The summed E-state index contributed by atoms with van der Waals surface area (Å²) in [7, 11) is 1.44. The van der Waals surface area contributed by atoms with E-state index in [1.165, 1.54) is 30.2 Å². The van der Waals surface area contributed by atoms with Gasteiger partial charge < -0.3 is 15.4 Å². The van der Waals surface area contributed by atoms with Crippen LogP contribution in [0.4, 0.5) is 41.1 Å². The maximum Gasteiger partial charge on any atom is 0.416 e. The van der Waals surface area contributed by atoms with Gasteiger partial charge in [0, 0.05) is 66.0 Å². The van der Waals surface area contributed by atoms with Gasteiger partial charge in [-0.05, 0) is 49.2 Å². The van der Waals surface area contributed by atoms with Gasteiger partial charge in [-0.25, -0.2) is 9.78 Å². The smallest absolute Gasteiger partial charge is 0.416 e. The summed E-state index contributed by atoms with van der Waals surface area (Å²) in [5, 5.41) is 5.91. The number of anilines is 4. The van der Waals surface area contributed by atoms with E-state index in [0.29, 0.717) is 47.8 Å². The van der Waals surface area contributed by atoms with Gasteiger partial charge in [0.05, 0.1) is 24.9 Å². The molecule has 0 radical (unpaired) electrons. The Hall–Kier alpha value is -5.20. The largest absolute Gasteiger partial charge is 0.497 e. The molecule has 0 unspecified atom stereocenters. The summed E-state index contributed by atoms with van der Waals surface area (Å²) in [6, 6.07) is 14.4. The van der Waals surface area contributed by atoms with Gasteiger partial charge in [0.25, 0.3) is 5.91 Å². The number of urea groups is 1. The highest BCUT2D eigenvalue weighted by molar-refractivity contribution is 6.07. The molecule has 1 saturated carbocycles. The minimum atomic E-state index is -4.59. The number of alkyl halides is 3. The molecule has 2 N–H and O–H groups in total. The Bertz CT molecular complexity index is 1700. The molecule has 1 aliphatic heterocycles. The molecule has 0 atom stereocenters. The number of rotatable bonds is 9. The van der Waals surface area contributed by atoms with E-state index in [0.717, 1.165) is 30.7 Å². The highest BCUT2D eigenvalue weighted by Gasteiger charge is 2.34. The van der Waals surface area contributed by atoms with Crippen LogP contribution >= 0.6 is 0 Å². The first-order valence-corrected chi connectivity index (χ1v) is 14.0. The Kier molecular flexibility index (Phi) is 7.77. The van der Waals surface area contributed by atoms with Crippen molar-refractivity contribution >= 4 is 35.1 Å². The number of nitrogens with one attached hydrogen (secondary N) is 2. The van der Waals surface area contributed by atoms with E-state index in [1.807, 2.05) is 18.2 Å². The monoisotopic (exact) mass is 603 g/mol. The average Bonchev–Trinajstić information content (AvgIpc) is 3.84. The minimum absolute atomic E-state index is 0.145. The molecule has 2 aromatic carbocycles. The van der Waals surface area contributed by atoms with Crippen molar-refractivity contribution in [2.24, 2.45) is 0 Å². The normalized spacial score (nSPS) is 14.7. The van der Waals surface area contributed by atoms with Gasteiger partial charge in [-0.3, -0.25) is 19.6 Å². The molecule has 0 saturated heterocycles. The van der Waals surface area contributed by atoms with Crippen molar-refractivity contribution in [1.29, 1.82) is 0 Å². The van der Waals surface area contributed by atoms with Gasteiger partial charge in [0.15, 0.2) is 0 Å². The first-order valence-electron chi connectivity index (χ1n) is 14.0. The Morgan fingerprint density at radius 1 is 1.07 bits per heavy atom. The SMILES string of the molecule is COc1cc(NC(=O)c2cccc(C(F)(F)F)c2)cc(N2Cc3cnc(NC4CC4)nc3N(CCc3ccccn3)C2=O)c1. The Balaban J connectivity index is 1.30. The first kappa shape index (κ1) is 28.9. The highest BCUT2D eigenvalue weighted by atomic mass is 19.4. The number of methoxy groups -OCH3 is 1. The van der Waals surface area contributed by atoms with Gasteiger partial charge in [0.1, 0.15) is 11.6 Å². The van der Waals surface area contributed by atoms with Crippen LogP contribution in [0.2, 0.25) is 0 Å². The summed E-state index contributed by atoms with van der Waals surface area (Å²) >= 11 is 0. The topological polar surface area (TPSA) is 113 Å². The fourth-order valence-corrected chi connectivity index (χ4v) is 4.84. The summed E-state index contributed by atoms with van der Waals surface area (Å²) in [5.41, 5.74) is 1.07. The molecule has 0 bridgehead atoms. The van der Waals surface area contributed by atoms with Gasteiger partial charge in [0.2, 0.25) is 5.95 Å². The van der Waals surface area contributed by atoms with Crippen LogP contribution in [-0.4, -0.2) is 46.6 Å². The minimum Gasteiger partial charge on any atom is -0.497 e. The number of benzene rings is 2. The number of halogens is 3. The molecule has 13 heteroatoms. The van der Waals surface area contributed by atoms with Crippen LogP contribution in [0.3, 0.4) is 0 Å². The molecule has 226 valence electrons. The van der Waals surface area contributed by atoms with Crippen molar-refractivity contribution in [3.05, 3.63) is 95.4 Å². The number of ether oxygens (including phenoxy) is 1. The number of amides is 3. The van der Waals surface area contributed by atoms with E-state index in [9.17, 15) is 22.8 Å². The van der Waals surface area contributed by atoms with Crippen molar-refractivity contribution in [3.8, 4) is 5.75 Å². The molecule has 1 fully saturated rings. The second kappa shape index (κ2) is 11.8. The fourth-order valence-electron chi connectivity index (χ4n) is 4.84. The van der Waals surface area contributed by atoms with E-state index in [1.54, 1.807) is 29.4 Å². The Labute approximate surface area is 250 Å². The zero-order chi connectivity index (χ0) is 30.8. The summed E-state index contributed by atoms with van der Waals surface area (Å²) in [6.45, 7) is 0.439. The molecule has 2 aliphatic rings. The lowest BCUT2D eigenvalue weighted by Gasteiger charge is -2.36. The standard InChI is InChI=1S/C31H28F3N7O3/c1-44-26-15-24(37-28(42)19-5-4-6-21(13-19)31(32,33)34)14-25(16-26)41-18-20-17-36-29(38-23-8-9-23)39-27(20)40(30(41)43)12-10-22-7-2-3-11-35-22/h2-7,11,13-17,23H,8-10,12,18H2,1H3,(H,37,42)(H,36,38,39). The van der Waals surface area contributed by atoms with Gasteiger partial charge in [-0.15, -0.1) is 0 Å². The second-order valence-corrected chi connectivity index (χ2v) is 10.5. The van der Waals surface area contributed by atoms with Crippen LogP contribution < -0.4 is 25.2 Å². The maximum atomic E-state index is 14.1. The summed E-state index contributed by atoms with van der Waals surface area (Å²) in [5.74, 6) is 0.546. The van der Waals surface area contributed by atoms with Crippen LogP contribution in [-0.2, 0) is 19.1 Å². The zero-order valence-electron chi connectivity index (χ0n) is 23.6. The molecule has 0 spiro atoms. The molecule has 4 aromatic rings. The number of hydrogen-bond acceptors (Lipinski definition) is 7. The number of nitrogens with zero attached hydrogens (tertiary/aromatic N) is 5. The van der Waals surface area contributed by atoms with Crippen molar-refractivity contribution in [2.45, 2.75) is 38.0 Å². The summed E-state index contributed by atoms with van der Waals surface area (Å²) in [4.78, 5) is 43.6. The molecule has 2 aromatic heterocycles. The number of carbonyl (C=O) groups is 2. The number of aromatic nitrogens is 3. The van der Waals surface area contributed by atoms with Gasteiger partial charge in [-0.1, -0.05) is 12.1 Å². The van der Waals surface area contributed by atoms with E-state index < -0.39 is 17.6 Å². The molecular formula is C31H28F3N7O3. The van der Waals surface area contributed by atoms with Crippen molar-refractivity contribution in [2.75, 3.05) is 34.1 Å². The number of pyridine rings is 1. The zero-order valence-corrected chi connectivity index (χ0v) is 23.6. The third kappa shape index (κ3) is 6.41. The molecular weight excluding hydrogens is 575 g/mol. The highest BCUT2D eigenvalue weighted by Crippen LogP contribution is 2.35. The van der Waals surface area contributed by atoms with Crippen molar-refractivity contribution in [1.82, 2.24) is 15.0 Å². The molecule has 3 amide bonds. The quantitative estimate of drug-likeness (QED) is 0.244. The number of carbonyl (C=O) groups excluding carboxylic acids is 2. The van der Waals surface area contributed by atoms with Gasteiger partial charge in [-0.2, -0.15) is 18.2 Å². The van der Waals surface area contributed by atoms with E-state index >= 15 is 0 Å². The molecule has 10 nitrogen and oxygen atoms in total. The van der Waals surface area contributed by atoms with Crippen molar-refractivity contribution < 1.29 is 27.5 Å². The van der Waals surface area contributed by atoms with Crippen LogP contribution in [0.25, 0.3) is 0 Å². The number of hydrogen-bond donors (Lipinski definition) is 2.